The number of nitrogens with zero attached hydrogens (tertiary/aromatic N) is 1. The molecule has 0 radical (unpaired) electrons. The molecule has 4 heteroatoms. The molecule has 4 rings (SSSR count). The van der Waals surface area contributed by atoms with Crippen LogP contribution in [0.1, 0.15) is 28.9 Å². The Hall–Kier alpha value is -3.14. The zero-order valence-corrected chi connectivity index (χ0v) is 15.5. The molecule has 1 aliphatic carbocycles. The van der Waals surface area contributed by atoms with Gasteiger partial charge in [-0.15, -0.1) is 0 Å². The van der Waals surface area contributed by atoms with Gasteiger partial charge in [0.15, 0.2) is 5.78 Å². The Labute approximate surface area is 158 Å². The summed E-state index contributed by atoms with van der Waals surface area (Å²) in [4.78, 5) is 17.3. The molecular weight excluding hydrogens is 338 g/mol. The van der Waals surface area contributed by atoms with Gasteiger partial charge >= 0.3 is 0 Å². The Morgan fingerprint density at radius 3 is 1.96 bits per heavy atom. The van der Waals surface area contributed by atoms with E-state index in [-0.39, 0.29) is 5.78 Å². The number of aryl methyl sites for hydroxylation is 1. The third-order valence-corrected chi connectivity index (χ3v) is 4.98. The molecule has 27 heavy (non-hydrogen) atoms. The first kappa shape index (κ1) is 17.3. The number of hydrogen-bond donors (Lipinski definition) is 0. The minimum absolute atomic E-state index is 0.180. The molecule has 136 valence electrons. The van der Waals surface area contributed by atoms with Gasteiger partial charge in [0.1, 0.15) is 11.5 Å². The number of aromatic nitrogens is 1. The highest BCUT2D eigenvalue weighted by Gasteiger charge is 2.22. The first-order valence-corrected chi connectivity index (χ1v) is 9.05. The van der Waals surface area contributed by atoms with Crippen molar-refractivity contribution in [2.75, 3.05) is 14.2 Å². The van der Waals surface area contributed by atoms with Crippen LogP contribution in [0.3, 0.4) is 0 Å². The van der Waals surface area contributed by atoms with Crippen molar-refractivity contribution in [2.45, 2.75) is 19.3 Å². The van der Waals surface area contributed by atoms with E-state index in [2.05, 4.69) is 0 Å². The molecule has 0 fully saturated rings. The number of carbonyl (C=O) groups excluding carboxylic acids is 1. The van der Waals surface area contributed by atoms with Crippen molar-refractivity contribution in [2.24, 2.45) is 0 Å². The smallest absolute Gasteiger partial charge is 0.164 e. The Kier molecular flexibility index (Phi) is 4.63. The summed E-state index contributed by atoms with van der Waals surface area (Å²) in [5.41, 5.74) is 5.50. The molecule has 0 spiro atoms. The van der Waals surface area contributed by atoms with Gasteiger partial charge in [-0.2, -0.15) is 0 Å². The van der Waals surface area contributed by atoms with E-state index in [4.69, 9.17) is 14.5 Å². The van der Waals surface area contributed by atoms with E-state index in [0.717, 1.165) is 58.0 Å². The Morgan fingerprint density at radius 1 is 0.778 bits per heavy atom. The number of rotatable bonds is 4. The SMILES string of the molecule is COc1ccc(-c2cc3c(nc2-c2ccc(OC)cc2)CCCC3=O)cc1. The van der Waals surface area contributed by atoms with E-state index >= 15 is 0 Å². The van der Waals surface area contributed by atoms with Crippen molar-refractivity contribution in [3.63, 3.8) is 0 Å². The minimum Gasteiger partial charge on any atom is -0.497 e. The van der Waals surface area contributed by atoms with Gasteiger partial charge in [0.2, 0.25) is 0 Å². The van der Waals surface area contributed by atoms with Gasteiger partial charge in [-0.1, -0.05) is 12.1 Å². The molecule has 0 saturated carbocycles. The monoisotopic (exact) mass is 359 g/mol. The maximum atomic E-state index is 12.4. The number of pyridine rings is 1. The fraction of sp³-hybridized carbons (Fsp3) is 0.217. The summed E-state index contributed by atoms with van der Waals surface area (Å²) in [5, 5.41) is 0. The Balaban J connectivity index is 1.90. The molecule has 0 aliphatic heterocycles. The van der Waals surface area contributed by atoms with Crippen LogP contribution >= 0.6 is 0 Å². The van der Waals surface area contributed by atoms with Gasteiger partial charge in [0, 0.05) is 23.1 Å². The average Bonchev–Trinajstić information content (AvgIpc) is 2.73. The van der Waals surface area contributed by atoms with E-state index in [1.165, 1.54) is 0 Å². The predicted molar refractivity (Wildman–Crippen MR) is 105 cm³/mol. The largest absolute Gasteiger partial charge is 0.497 e. The number of Topliss-reactive ketones (excluding diaryl/α,β-unsaturated/α-hetero) is 1. The van der Waals surface area contributed by atoms with Crippen LogP contribution in [0.15, 0.2) is 54.6 Å². The molecular formula is C23H21NO3. The second-order valence-corrected chi connectivity index (χ2v) is 6.61. The third kappa shape index (κ3) is 3.31. The van der Waals surface area contributed by atoms with Gasteiger partial charge in [-0.25, -0.2) is 0 Å². The van der Waals surface area contributed by atoms with Crippen molar-refractivity contribution in [1.29, 1.82) is 0 Å². The van der Waals surface area contributed by atoms with Crippen molar-refractivity contribution in [3.05, 3.63) is 65.9 Å². The molecule has 0 N–H and O–H groups in total. The molecule has 1 aromatic heterocycles. The average molecular weight is 359 g/mol. The van der Waals surface area contributed by atoms with Gasteiger partial charge in [0.05, 0.1) is 25.6 Å². The van der Waals surface area contributed by atoms with Gasteiger partial charge in [0.25, 0.3) is 0 Å². The molecule has 0 unspecified atom stereocenters. The standard InChI is InChI=1S/C23H21NO3/c1-26-17-10-6-15(7-11-17)19-14-20-21(4-3-5-22(20)25)24-23(19)16-8-12-18(27-2)13-9-16/h6-14H,3-5H2,1-2H3. The summed E-state index contributed by atoms with van der Waals surface area (Å²) < 4.78 is 10.5. The lowest BCUT2D eigenvalue weighted by Gasteiger charge is -2.19. The molecule has 0 amide bonds. The number of carbonyl (C=O) groups is 1. The summed E-state index contributed by atoms with van der Waals surface area (Å²) in [7, 11) is 3.30. The molecule has 0 bridgehead atoms. The normalized spacial score (nSPS) is 13.2. The molecule has 0 saturated heterocycles. The zero-order valence-electron chi connectivity index (χ0n) is 15.5. The number of hydrogen-bond acceptors (Lipinski definition) is 4. The predicted octanol–water partition coefficient (Wildman–Crippen LogP) is 4.95. The zero-order chi connectivity index (χ0) is 18.8. The van der Waals surface area contributed by atoms with E-state index in [0.29, 0.717) is 6.42 Å². The lowest BCUT2D eigenvalue weighted by atomic mass is 9.90. The topological polar surface area (TPSA) is 48.4 Å². The maximum absolute atomic E-state index is 12.4. The van der Waals surface area contributed by atoms with Crippen LogP contribution in [-0.2, 0) is 6.42 Å². The lowest BCUT2D eigenvalue weighted by molar-refractivity contribution is 0.0971. The number of methoxy groups -OCH3 is 2. The van der Waals surface area contributed by atoms with E-state index in [9.17, 15) is 4.79 Å². The quantitative estimate of drug-likeness (QED) is 0.661. The van der Waals surface area contributed by atoms with Crippen molar-refractivity contribution >= 4 is 5.78 Å². The molecule has 0 atom stereocenters. The summed E-state index contributed by atoms with van der Waals surface area (Å²) >= 11 is 0. The Bertz CT molecular complexity index is 976. The first-order valence-electron chi connectivity index (χ1n) is 9.05. The van der Waals surface area contributed by atoms with Crippen LogP contribution in [0.4, 0.5) is 0 Å². The molecule has 1 aliphatic rings. The second-order valence-electron chi connectivity index (χ2n) is 6.61. The fourth-order valence-electron chi connectivity index (χ4n) is 3.49. The molecule has 4 nitrogen and oxygen atoms in total. The van der Waals surface area contributed by atoms with E-state index in [1.807, 2.05) is 54.6 Å². The van der Waals surface area contributed by atoms with Crippen LogP contribution in [-0.4, -0.2) is 25.0 Å². The van der Waals surface area contributed by atoms with Crippen molar-refractivity contribution in [3.8, 4) is 33.9 Å². The molecule has 3 aromatic rings. The molecule has 2 aromatic carbocycles. The summed E-state index contributed by atoms with van der Waals surface area (Å²) in [6.07, 6.45) is 2.30. The third-order valence-electron chi connectivity index (χ3n) is 4.98. The number of ether oxygens (including phenoxy) is 2. The Morgan fingerprint density at radius 2 is 1.37 bits per heavy atom. The van der Waals surface area contributed by atoms with Crippen molar-refractivity contribution < 1.29 is 14.3 Å². The highest BCUT2D eigenvalue weighted by molar-refractivity contribution is 6.00. The van der Waals surface area contributed by atoms with Crippen molar-refractivity contribution in [1.82, 2.24) is 4.98 Å². The van der Waals surface area contributed by atoms with Crippen LogP contribution in [0, 0.1) is 0 Å². The second kappa shape index (κ2) is 7.23. The summed E-state index contributed by atoms with van der Waals surface area (Å²) in [5.74, 6) is 1.78. The summed E-state index contributed by atoms with van der Waals surface area (Å²) in [6.45, 7) is 0. The van der Waals surface area contributed by atoms with Crippen LogP contribution in [0.5, 0.6) is 11.5 Å². The van der Waals surface area contributed by atoms with Gasteiger partial charge in [-0.3, -0.25) is 9.78 Å². The van der Waals surface area contributed by atoms with Gasteiger partial charge in [-0.05, 0) is 60.9 Å². The number of ketones is 1. The van der Waals surface area contributed by atoms with Crippen LogP contribution in [0.2, 0.25) is 0 Å². The fourth-order valence-corrected chi connectivity index (χ4v) is 3.49. The van der Waals surface area contributed by atoms with E-state index in [1.54, 1.807) is 14.2 Å². The minimum atomic E-state index is 0.180. The molecule has 1 heterocycles. The van der Waals surface area contributed by atoms with Crippen LogP contribution < -0.4 is 9.47 Å². The van der Waals surface area contributed by atoms with Gasteiger partial charge < -0.3 is 9.47 Å². The van der Waals surface area contributed by atoms with Crippen LogP contribution in [0.25, 0.3) is 22.4 Å². The highest BCUT2D eigenvalue weighted by atomic mass is 16.5. The summed E-state index contributed by atoms with van der Waals surface area (Å²) in [6, 6.07) is 17.7. The first-order chi connectivity index (χ1) is 13.2. The number of benzene rings is 2. The maximum Gasteiger partial charge on any atom is 0.164 e. The van der Waals surface area contributed by atoms with E-state index < -0.39 is 0 Å². The highest BCUT2D eigenvalue weighted by Crippen LogP contribution is 2.35. The lowest BCUT2D eigenvalue weighted by Crippen LogP contribution is -2.13. The number of fused-ring (bicyclic) bond motifs is 1.